The highest BCUT2D eigenvalue weighted by Crippen LogP contribution is 2.48. The molecule has 0 heterocycles. The summed E-state index contributed by atoms with van der Waals surface area (Å²) in [7, 11) is 1.48. The normalized spacial score (nSPS) is 18.0. The second-order valence-electron chi connectivity index (χ2n) is 3.93. The van der Waals surface area contributed by atoms with Gasteiger partial charge in [0.25, 0.3) is 0 Å². The predicted octanol–water partition coefficient (Wildman–Crippen LogP) is 2.09. The van der Waals surface area contributed by atoms with Gasteiger partial charge in [-0.3, -0.25) is 0 Å². The summed E-state index contributed by atoms with van der Waals surface area (Å²) in [6.07, 6.45) is 1.82. The third kappa shape index (κ3) is 1.28. The summed E-state index contributed by atoms with van der Waals surface area (Å²) < 4.78 is 18.5. The summed E-state index contributed by atoms with van der Waals surface area (Å²) in [4.78, 5) is 0. The number of hydrogen-bond acceptors (Lipinski definition) is 2. The number of methoxy groups -OCH3 is 1. The van der Waals surface area contributed by atoms with Crippen LogP contribution in [0, 0.1) is 12.7 Å². The highest BCUT2D eigenvalue weighted by atomic mass is 19.1. The van der Waals surface area contributed by atoms with Gasteiger partial charge < -0.3 is 10.5 Å². The molecular formula is C11H14FNO. The lowest BCUT2D eigenvalue weighted by molar-refractivity contribution is 0.376. The maximum atomic E-state index is 13.4. The second kappa shape index (κ2) is 2.95. The average Bonchev–Trinajstić information content (AvgIpc) is 2.88. The third-order valence-corrected chi connectivity index (χ3v) is 2.81. The molecule has 3 heteroatoms. The van der Waals surface area contributed by atoms with Crippen molar-refractivity contribution >= 4 is 0 Å². The van der Waals surface area contributed by atoms with Crippen molar-refractivity contribution in [1.82, 2.24) is 0 Å². The first kappa shape index (κ1) is 9.46. The van der Waals surface area contributed by atoms with Gasteiger partial charge in [-0.25, -0.2) is 4.39 Å². The largest absolute Gasteiger partial charge is 0.493 e. The topological polar surface area (TPSA) is 35.2 Å². The Hall–Kier alpha value is -1.09. The third-order valence-electron chi connectivity index (χ3n) is 2.81. The highest BCUT2D eigenvalue weighted by Gasteiger charge is 2.43. The molecule has 0 saturated heterocycles. The lowest BCUT2D eigenvalue weighted by Gasteiger charge is -2.17. The van der Waals surface area contributed by atoms with E-state index in [-0.39, 0.29) is 11.4 Å². The van der Waals surface area contributed by atoms with Crippen LogP contribution in [0.25, 0.3) is 0 Å². The quantitative estimate of drug-likeness (QED) is 0.784. The molecule has 0 aromatic heterocycles. The van der Waals surface area contributed by atoms with Gasteiger partial charge in [0.05, 0.1) is 7.11 Å². The highest BCUT2D eigenvalue weighted by molar-refractivity contribution is 5.48. The van der Waals surface area contributed by atoms with E-state index in [1.165, 1.54) is 13.2 Å². The summed E-state index contributed by atoms with van der Waals surface area (Å²) in [5, 5.41) is 0. The van der Waals surface area contributed by atoms with E-state index in [2.05, 4.69) is 0 Å². The van der Waals surface area contributed by atoms with Crippen LogP contribution < -0.4 is 10.5 Å². The van der Waals surface area contributed by atoms with Gasteiger partial charge >= 0.3 is 0 Å². The van der Waals surface area contributed by atoms with Crippen molar-refractivity contribution < 1.29 is 9.13 Å². The van der Waals surface area contributed by atoms with Gasteiger partial charge in [-0.15, -0.1) is 0 Å². The van der Waals surface area contributed by atoms with E-state index in [4.69, 9.17) is 10.5 Å². The van der Waals surface area contributed by atoms with E-state index >= 15 is 0 Å². The molecule has 2 nitrogen and oxygen atoms in total. The SMILES string of the molecule is COc1c(F)ccc(C)c1C1(N)CC1. The van der Waals surface area contributed by atoms with Crippen LogP contribution in [0.2, 0.25) is 0 Å². The van der Waals surface area contributed by atoms with Crippen molar-refractivity contribution in [3.8, 4) is 5.75 Å². The molecule has 0 amide bonds. The fourth-order valence-corrected chi connectivity index (χ4v) is 1.86. The molecule has 1 aliphatic rings. The molecule has 1 aromatic carbocycles. The molecule has 1 aliphatic carbocycles. The van der Waals surface area contributed by atoms with Crippen LogP contribution >= 0.6 is 0 Å². The lowest BCUT2D eigenvalue weighted by Crippen LogP contribution is -2.21. The van der Waals surface area contributed by atoms with Crippen LogP contribution in [0.1, 0.15) is 24.0 Å². The van der Waals surface area contributed by atoms with Crippen molar-refractivity contribution in [3.05, 3.63) is 29.1 Å². The van der Waals surface area contributed by atoms with Gasteiger partial charge in [0.2, 0.25) is 0 Å². The van der Waals surface area contributed by atoms with Crippen LogP contribution in [0.3, 0.4) is 0 Å². The number of halogens is 1. The second-order valence-corrected chi connectivity index (χ2v) is 3.93. The molecule has 1 fully saturated rings. The Morgan fingerprint density at radius 2 is 2.07 bits per heavy atom. The standard InChI is InChI=1S/C11H14FNO/c1-7-3-4-8(12)10(14-2)9(7)11(13)5-6-11/h3-4H,5-6,13H2,1-2H3. The Labute approximate surface area is 82.9 Å². The number of aryl methyl sites for hydroxylation is 1. The van der Waals surface area contributed by atoms with Crippen molar-refractivity contribution in [2.45, 2.75) is 25.3 Å². The molecule has 0 atom stereocenters. The minimum absolute atomic E-state index is 0.310. The van der Waals surface area contributed by atoms with Crippen LogP contribution in [-0.2, 0) is 5.54 Å². The number of ether oxygens (including phenoxy) is 1. The molecular weight excluding hydrogens is 181 g/mol. The van der Waals surface area contributed by atoms with Crippen molar-refractivity contribution in [2.75, 3.05) is 7.11 Å². The van der Waals surface area contributed by atoms with Crippen LogP contribution in [-0.4, -0.2) is 7.11 Å². The van der Waals surface area contributed by atoms with E-state index in [0.717, 1.165) is 24.0 Å². The molecule has 0 aliphatic heterocycles. The summed E-state index contributed by atoms with van der Waals surface area (Å²) in [5.41, 5.74) is 7.55. The van der Waals surface area contributed by atoms with Crippen molar-refractivity contribution in [3.63, 3.8) is 0 Å². The van der Waals surface area contributed by atoms with Gasteiger partial charge in [0.15, 0.2) is 11.6 Å². The predicted molar refractivity (Wildman–Crippen MR) is 52.8 cm³/mol. The van der Waals surface area contributed by atoms with Gasteiger partial charge in [-0.2, -0.15) is 0 Å². The van der Waals surface area contributed by atoms with Gasteiger partial charge in [0, 0.05) is 11.1 Å². The maximum Gasteiger partial charge on any atom is 0.165 e. The Balaban J connectivity index is 2.60. The molecule has 0 radical (unpaired) electrons. The molecule has 1 saturated carbocycles. The smallest absolute Gasteiger partial charge is 0.165 e. The number of rotatable bonds is 2. The molecule has 0 bridgehead atoms. The average molecular weight is 195 g/mol. The Morgan fingerprint density at radius 1 is 1.43 bits per heavy atom. The zero-order valence-corrected chi connectivity index (χ0v) is 8.43. The van der Waals surface area contributed by atoms with E-state index in [9.17, 15) is 4.39 Å². The first-order chi connectivity index (χ1) is 6.58. The zero-order chi connectivity index (χ0) is 10.3. The van der Waals surface area contributed by atoms with Crippen molar-refractivity contribution in [2.24, 2.45) is 5.73 Å². The molecule has 1 aromatic rings. The van der Waals surface area contributed by atoms with Crippen LogP contribution in [0.5, 0.6) is 5.75 Å². The monoisotopic (exact) mass is 195 g/mol. The van der Waals surface area contributed by atoms with E-state index in [1.807, 2.05) is 6.92 Å². The first-order valence-electron chi connectivity index (χ1n) is 4.71. The van der Waals surface area contributed by atoms with Crippen molar-refractivity contribution in [1.29, 1.82) is 0 Å². The molecule has 14 heavy (non-hydrogen) atoms. The maximum absolute atomic E-state index is 13.4. The van der Waals surface area contributed by atoms with Crippen LogP contribution in [0.15, 0.2) is 12.1 Å². The number of benzene rings is 1. The molecule has 2 rings (SSSR count). The number of nitrogens with two attached hydrogens (primary N) is 1. The van der Waals surface area contributed by atoms with Gasteiger partial charge in [0.1, 0.15) is 0 Å². The van der Waals surface area contributed by atoms with Gasteiger partial charge in [-0.05, 0) is 31.4 Å². The lowest BCUT2D eigenvalue weighted by atomic mass is 9.98. The minimum Gasteiger partial charge on any atom is -0.493 e. The summed E-state index contributed by atoms with van der Waals surface area (Å²) in [6.45, 7) is 1.93. The Morgan fingerprint density at radius 3 is 2.57 bits per heavy atom. The zero-order valence-electron chi connectivity index (χ0n) is 8.43. The molecule has 0 spiro atoms. The summed E-state index contributed by atoms with van der Waals surface area (Å²) in [6, 6.07) is 3.17. The fraction of sp³-hybridized carbons (Fsp3) is 0.455. The molecule has 2 N–H and O–H groups in total. The van der Waals surface area contributed by atoms with Gasteiger partial charge in [-0.1, -0.05) is 6.07 Å². The number of hydrogen-bond donors (Lipinski definition) is 1. The molecule has 0 unspecified atom stereocenters. The van der Waals surface area contributed by atoms with E-state index in [0.29, 0.717) is 5.75 Å². The Bertz CT molecular complexity index is 372. The van der Waals surface area contributed by atoms with E-state index < -0.39 is 0 Å². The Kier molecular flexibility index (Phi) is 2.00. The minimum atomic E-state index is -0.350. The summed E-state index contributed by atoms with van der Waals surface area (Å²) in [5.74, 6) is -0.0187. The fourth-order valence-electron chi connectivity index (χ4n) is 1.86. The summed E-state index contributed by atoms with van der Waals surface area (Å²) >= 11 is 0. The van der Waals surface area contributed by atoms with E-state index in [1.54, 1.807) is 6.07 Å². The molecule has 76 valence electrons. The van der Waals surface area contributed by atoms with Crippen LogP contribution in [0.4, 0.5) is 4.39 Å². The first-order valence-corrected chi connectivity index (χ1v) is 4.71.